The Morgan fingerprint density at radius 1 is 1.14 bits per heavy atom. The van der Waals surface area contributed by atoms with Crippen LogP contribution in [0.4, 0.5) is 0 Å². The Balaban J connectivity index is 2.72. The minimum absolute atomic E-state index is 0.0649. The van der Waals surface area contributed by atoms with E-state index in [0.29, 0.717) is 24.8 Å². The van der Waals surface area contributed by atoms with E-state index in [4.69, 9.17) is 5.73 Å². The summed E-state index contributed by atoms with van der Waals surface area (Å²) < 4.78 is 0. The highest BCUT2D eigenvalue weighted by atomic mass is 16.7. The highest BCUT2D eigenvalue weighted by molar-refractivity contribution is 6.43. The summed E-state index contributed by atoms with van der Waals surface area (Å²) in [5.41, 5.74) is 7.68. The first-order valence-corrected chi connectivity index (χ1v) is 12.0. The molecule has 0 aromatic heterocycles. The van der Waals surface area contributed by atoms with Gasteiger partial charge in [0.1, 0.15) is 5.78 Å². The molecule has 1 rings (SSSR count). The average Bonchev–Trinajstić information content (AvgIpc) is 2.80. The number of nitro groups is 1. The van der Waals surface area contributed by atoms with Gasteiger partial charge in [-0.2, -0.15) is 0 Å². The predicted octanol–water partition coefficient (Wildman–Crippen LogP) is 1.03. The highest BCUT2D eigenvalue weighted by Crippen LogP contribution is 2.17. The summed E-state index contributed by atoms with van der Waals surface area (Å²) in [6.45, 7) is 3.84. The average molecular weight is 505 g/mol. The van der Waals surface area contributed by atoms with E-state index in [-0.39, 0.29) is 55.7 Å². The Morgan fingerprint density at radius 3 is 2.39 bits per heavy atom. The van der Waals surface area contributed by atoms with Gasteiger partial charge >= 0.3 is 7.12 Å². The predicted molar refractivity (Wildman–Crippen MR) is 135 cm³/mol. The van der Waals surface area contributed by atoms with Crippen molar-refractivity contribution in [3.63, 3.8) is 0 Å². The first kappa shape index (κ1) is 30.7. The summed E-state index contributed by atoms with van der Waals surface area (Å²) >= 11 is 0. The number of Topliss-reactive ketones (excluding diaryl/α,β-unsaturated/α-hetero) is 2. The molecule has 6 N–H and O–H groups in total. The van der Waals surface area contributed by atoms with E-state index in [1.807, 2.05) is 19.9 Å². The van der Waals surface area contributed by atoms with Crippen molar-refractivity contribution in [3.05, 3.63) is 46.0 Å². The zero-order valence-electron chi connectivity index (χ0n) is 20.8. The number of nitrogens with zero attached hydrogens (tertiary/aromatic N) is 2. The molecule has 198 valence electrons. The lowest BCUT2D eigenvalue weighted by Crippen LogP contribution is -2.49. The molecule has 0 aliphatic carbocycles. The second-order valence-electron chi connectivity index (χ2n) is 9.02. The molecule has 0 radical (unpaired) electrons. The van der Waals surface area contributed by atoms with Crippen molar-refractivity contribution in [2.45, 2.75) is 64.7 Å². The van der Waals surface area contributed by atoms with Crippen LogP contribution in [0.1, 0.15) is 69.2 Å². The fourth-order valence-electron chi connectivity index (χ4n) is 3.65. The van der Waals surface area contributed by atoms with Gasteiger partial charge in [-0.25, -0.2) is 15.1 Å². The van der Waals surface area contributed by atoms with Gasteiger partial charge in [0.05, 0.1) is 5.94 Å². The number of guanidine groups is 1. The fraction of sp³-hybridized carbons (Fsp3) is 0.565. The van der Waals surface area contributed by atoms with Crippen molar-refractivity contribution in [3.8, 4) is 0 Å². The molecule has 1 aromatic rings. The summed E-state index contributed by atoms with van der Waals surface area (Å²) in [6, 6.07) is 8.77. The van der Waals surface area contributed by atoms with Crippen LogP contribution in [0.3, 0.4) is 0 Å². The number of benzene rings is 1. The van der Waals surface area contributed by atoms with Crippen LogP contribution in [0.15, 0.2) is 35.3 Å². The Bertz CT molecular complexity index is 896. The van der Waals surface area contributed by atoms with Gasteiger partial charge in [-0.1, -0.05) is 49.6 Å². The molecule has 1 aromatic carbocycles. The number of ketones is 2. The normalized spacial score (nSPS) is 13.1. The van der Waals surface area contributed by atoms with E-state index in [1.165, 1.54) is 0 Å². The van der Waals surface area contributed by atoms with Gasteiger partial charge in [0.2, 0.25) is 5.91 Å². The van der Waals surface area contributed by atoms with Gasteiger partial charge in [0.25, 0.3) is 5.96 Å². The molecular weight excluding hydrogens is 469 g/mol. The molecular formula is C23H36BN5O7. The molecule has 0 bridgehead atoms. The minimum Gasteiger partial charge on any atom is -0.426 e. The second-order valence-corrected chi connectivity index (χ2v) is 9.02. The Labute approximate surface area is 211 Å². The lowest BCUT2D eigenvalue weighted by Gasteiger charge is -2.23. The zero-order valence-corrected chi connectivity index (χ0v) is 20.8. The molecule has 12 nitrogen and oxygen atoms in total. The highest BCUT2D eigenvalue weighted by Gasteiger charge is 2.30. The van der Waals surface area contributed by atoms with E-state index < -0.39 is 29.9 Å². The standard InChI is InChI=1S/C23H36BN5O7/c1-16(2)14-21(24(33)34)27-22(32)18(10-7-13-26-23(25)28-29(35)36)15-19(30)11-6-12-20(31)17-8-4-3-5-9-17/h3-5,8-9,16,18,21,33-34H,6-7,10-15H2,1-2H3,(H,27,32)(H3,25,26,28)/t18-,21+/m1/s1. The zero-order chi connectivity index (χ0) is 27.1. The van der Waals surface area contributed by atoms with E-state index in [9.17, 15) is 34.5 Å². The third-order valence-electron chi connectivity index (χ3n) is 5.41. The first-order chi connectivity index (χ1) is 17.0. The van der Waals surface area contributed by atoms with E-state index >= 15 is 0 Å². The number of carbonyl (C=O) groups excluding carboxylic acids is 3. The lowest BCUT2D eigenvalue weighted by molar-refractivity contribution is -0.525. The molecule has 0 heterocycles. The molecule has 0 saturated carbocycles. The second kappa shape index (κ2) is 16.4. The number of hydrazine groups is 1. The van der Waals surface area contributed by atoms with Gasteiger partial charge in [0, 0.05) is 37.3 Å². The van der Waals surface area contributed by atoms with Crippen molar-refractivity contribution in [2.24, 2.45) is 22.6 Å². The molecule has 0 saturated heterocycles. The maximum atomic E-state index is 12.9. The third-order valence-corrected chi connectivity index (χ3v) is 5.41. The number of rotatable bonds is 17. The summed E-state index contributed by atoms with van der Waals surface area (Å²) in [4.78, 5) is 52.0. The van der Waals surface area contributed by atoms with Crippen LogP contribution in [0, 0.1) is 22.0 Å². The van der Waals surface area contributed by atoms with Gasteiger partial charge in [-0.3, -0.25) is 14.4 Å². The maximum Gasteiger partial charge on any atom is 0.475 e. The quantitative estimate of drug-likeness (QED) is 0.0390. The summed E-state index contributed by atoms with van der Waals surface area (Å²) in [5, 5.41) is 31.4. The number of carbonyl (C=O) groups is 3. The summed E-state index contributed by atoms with van der Waals surface area (Å²) in [7, 11) is -1.76. The molecule has 0 unspecified atom stereocenters. The molecule has 2 atom stereocenters. The van der Waals surface area contributed by atoms with Gasteiger partial charge < -0.3 is 21.1 Å². The van der Waals surface area contributed by atoms with Crippen molar-refractivity contribution in [1.29, 1.82) is 0 Å². The number of aliphatic imine (C=N–C) groups is 1. The smallest absolute Gasteiger partial charge is 0.426 e. The van der Waals surface area contributed by atoms with Gasteiger partial charge in [0.15, 0.2) is 10.8 Å². The van der Waals surface area contributed by atoms with Gasteiger partial charge in [-0.15, -0.1) is 0 Å². The van der Waals surface area contributed by atoms with Crippen molar-refractivity contribution >= 4 is 30.6 Å². The SMILES string of the molecule is CC(C)C[C@H](NC(=O)[C@H](CCCN=C(N)N[N+](=O)[O-])CC(=O)CCCC(=O)c1ccccc1)B(O)O. The molecule has 13 heteroatoms. The van der Waals surface area contributed by atoms with Crippen LogP contribution in [0.5, 0.6) is 0 Å². The number of hydrogen-bond donors (Lipinski definition) is 5. The topological polar surface area (TPSA) is 197 Å². The third kappa shape index (κ3) is 13.0. The summed E-state index contributed by atoms with van der Waals surface area (Å²) in [6.07, 6.45) is 1.46. The monoisotopic (exact) mass is 505 g/mol. The Kier molecular flexibility index (Phi) is 14.0. The van der Waals surface area contributed by atoms with Crippen molar-refractivity contribution in [1.82, 2.24) is 10.7 Å². The molecule has 1 amide bonds. The van der Waals surface area contributed by atoms with Crippen LogP contribution >= 0.6 is 0 Å². The largest absolute Gasteiger partial charge is 0.475 e. The van der Waals surface area contributed by atoms with Crippen molar-refractivity contribution in [2.75, 3.05) is 6.54 Å². The number of amides is 1. The van der Waals surface area contributed by atoms with Crippen LogP contribution in [-0.2, 0) is 9.59 Å². The van der Waals surface area contributed by atoms with E-state index in [1.54, 1.807) is 29.7 Å². The van der Waals surface area contributed by atoms with E-state index in [2.05, 4.69) is 10.3 Å². The van der Waals surface area contributed by atoms with Crippen molar-refractivity contribution < 1.29 is 29.5 Å². The number of hydrogen-bond acceptors (Lipinski definition) is 8. The molecule has 0 fully saturated rings. The Morgan fingerprint density at radius 2 is 1.81 bits per heavy atom. The molecule has 0 aliphatic heterocycles. The fourth-order valence-corrected chi connectivity index (χ4v) is 3.65. The first-order valence-electron chi connectivity index (χ1n) is 12.0. The molecule has 0 spiro atoms. The number of nitrogens with one attached hydrogen (secondary N) is 2. The summed E-state index contributed by atoms with van der Waals surface area (Å²) in [5.74, 6) is -2.70. The number of nitrogens with two attached hydrogens (primary N) is 1. The lowest BCUT2D eigenvalue weighted by atomic mass is 9.74. The Hall–Kier alpha value is -3.32. The van der Waals surface area contributed by atoms with E-state index in [0.717, 1.165) is 0 Å². The van der Waals surface area contributed by atoms with Crippen LogP contribution in [-0.4, -0.2) is 58.1 Å². The maximum absolute atomic E-state index is 12.9. The van der Waals surface area contributed by atoms with Crippen LogP contribution < -0.4 is 16.5 Å². The van der Waals surface area contributed by atoms with Gasteiger partial charge in [-0.05, 0) is 31.6 Å². The minimum atomic E-state index is -1.76. The van der Waals surface area contributed by atoms with Crippen LogP contribution in [0.25, 0.3) is 0 Å². The molecule has 0 aliphatic rings. The van der Waals surface area contributed by atoms with Crippen LogP contribution in [0.2, 0.25) is 0 Å². The molecule has 36 heavy (non-hydrogen) atoms.